The number of aromatic nitrogens is 1. The van der Waals surface area contributed by atoms with Crippen LogP contribution in [-0.4, -0.2) is 35.5 Å². The van der Waals surface area contributed by atoms with Gasteiger partial charge in [-0.2, -0.15) is 11.8 Å². The Kier molecular flexibility index (Phi) is 5.04. The minimum atomic E-state index is -0.395. The number of nitrogens with zero attached hydrogens (tertiary/aromatic N) is 3. The van der Waals surface area contributed by atoms with Crippen LogP contribution in [0.2, 0.25) is 0 Å². The third-order valence-corrected chi connectivity index (χ3v) is 2.86. The first-order valence-electron chi connectivity index (χ1n) is 4.96. The molecular formula is C10H15N3O2S. The van der Waals surface area contributed by atoms with Gasteiger partial charge in [0.25, 0.3) is 0 Å². The van der Waals surface area contributed by atoms with E-state index in [0.29, 0.717) is 5.82 Å². The molecule has 6 heteroatoms. The lowest BCUT2D eigenvalue weighted by molar-refractivity contribution is -0.384. The lowest BCUT2D eigenvalue weighted by atomic mass is 10.3. The van der Waals surface area contributed by atoms with Gasteiger partial charge in [0.15, 0.2) is 0 Å². The molecule has 5 nitrogen and oxygen atoms in total. The zero-order valence-electron chi connectivity index (χ0n) is 9.42. The van der Waals surface area contributed by atoms with Crippen molar-refractivity contribution in [3.05, 3.63) is 28.4 Å². The summed E-state index contributed by atoms with van der Waals surface area (Å²) < 4.78 is 0. The van der Waals surface area contributed by atoms with E-state index in [4.69, 9.17) is 0 Å². The van der Waals surface area contributed by atoms with Gasteiger partial charge in [-0.05, 0) is 24.5 Å². The van der Waals surface area contributed by atoms with E-state index in [2.05, 4.69) is 4.98 Å². The van der Waals surface area contributed by atoms with Crippen molar-refractivity contribution < 1.29 is 4.92 Å². The van der Waals surface area contributed by atoms with Crippen LogP contribution in [0.3, 0.4) is 0 Å². The summed E-state index contributed by atoms with van der Waals surface area (Å²) in [5.74, 6) is 1.49. The maximum atomic E-state index is 10.8. The van der Waals surface area contributed by atoms with E-state index in [-0.39, 0.29) is 5.69 Å². The van der Waals surface area contributed by atoms with Crippen molar-refractivity contribution >= 4 is 23.3 Å². The molecule has 1 rings (SSSR count). The van der Waals surface area contributed by atoms with E-state index in [1.165, 1.54) is 6.07 Å². The molecule has 0 amide bonds. The first-order chi connectivity index (χ1) is 7.66. The maximum Gasteiger partial charge on any atom is 0.311 e. The highest BCUT2D eigenvalue weighted by Gasteiger charge is 2.17. The summed E-state index contributed by atoms with van der Waals surface area (Å²) >= 11 is 1.77. The van der Waals surface area contributed by atoms with Crippen molar-refractivity contribution in [3.63, 3.8) is 0 Å². The van der Waals surface area contributed by atoms with Crippen molar-refractivity contribution in [3.8, 4) is 0 Å². The van der Waals surface area contributed by atoms with Gasteiger partial charge in [-0.1, -0.05) is 0 Å². The van der Waals surface area contributed by atoms with Gasteiger partial charge in [-0.15, -0.1) is 0 Å². The molecule has 0 bridgehead atoms. The van der Waals surface area contributed by atoms with Gasteiger partial charge >= 0.3 is 5.69 Å². The normalized spacial score (nSPS) is 10.1. The molecule has 16 heavy (non-hydrogen) atoms. The second kappa shape index (κ2) is 6.32. The Morgan fingerprint density at radius 3 is 3.00 bits per heavy atom. The molecule has 0 spiro atoms. The number of hydrogen-bond acceptors (Lipinski definition) is 5. The van der Waals surface area contributed by atoms with E-state index >= 15 is 0 Å². The highest BCUT2D eigenvalue weighted by molar-refractivity contribution is 7.98. The van der Waals surface area contributed by atoms with Crippen LogP contribution in [0, 0.1) is 10.1 Å². The first kappa shape index (κ1) is 12.8. The van der Waals surface area contributed by atoms with Crippen LogP contribution in [0.4, 0.5) is 11.5 Å². The first-order valence-corrected chi connectivity index (χ1v) is 6.35. The fourth-order valence-corrected chi connectivity index (χ4v) is 1.79. The van der Waals surface area contributed by atoms with Crippen molar-refractivity contribution in [1.82, 2.24) is 4.98 Å². The lowest BCUT2D eigenvalue weighted by Gasteiger charge is -2.17. The Morgan fingerprint density at radius 2 is 2.38 bits per heavy atom. The van der Waals surface area contributed by atoms with Crippen LogP contribution < -0.4 is 4.90 Å². The molecule has 0 aliphatic heterocycles. The molecule has 0 radical (unpaired) electrons. The third kappa shape index (κ3) is 3.37. The Hall–Kier alpha value is -1.30. The number of thioether (sulfide) groups is 1. The molecule has 0 atom stereocenters. The van der Waals surface area contributed by atoms with Gasteiger partial charge in [0.1, 0.15) is 0 Å². The number of pyridine rings is 1. The molecule has 0 aliphatic carbocycles. The van der Waals surface area contributed by atoms with Gasteiger partial charge in [-0.3, -0.25) is 10.1 Å². The van der Waals surface area contributed by atoms with Gasteiger partial charge in [0.2, 0.25) is 5.82 Å². The minimum Gasteiger partial charge on any atom is -0.354 e. The molecule has 1 aromatic rings. The summed E-state index contributed by atoms with van der Waals surface area (Å²) in [7, 11) is 1.83. The highest BCUT2D eigenvalue weighted by atomic mass is 32.2. The molecule has 0 aromatic carbocycles. The number of hydrogen-bond donors (Lipinski definition) is 0. The van der Waals surface area contributed by atoms with Crippen molar-refractivity contribution in [2.75, 3.05) is 30.5 Å². The molecule has 1 heterocycles. The molecular weight excluding hydrogens is 226 g/mol. The topological polar surface area (TPSA) is 59.3 Å². The minimum absolute atomic E-state index is 0.0640. The van der Waals surface area contributed by atoms with Gasteiger partial charge in [0.05, 0.1) is 4.92 Å². The zero-order chi connectivity index (χ0) is 12.0. The molecule has 0 aliphatic rings. The van der Waals surface area contributed by atoms with Gasteiger partial charge < -0.3 is 4.90 Å². The van der Waals surface area contributed by atoms with Crippen molar-refractivity contribution in [2.24, 2.45) is 0 Å². The molecule has 0 saturated carbocycles. The SMILES string of the molecule is CSCCCN(C)c1ncccc1[N+](=O)[O-]. The predicted molar refractivity (Wildman–Crippen MR) is 67.2 cm³/mol. The maximum absolute atomic E-state index is 10.8. The predicted octanol–water partition coefficient (Wildman–Crippen LogP) is 2.18. The van der Waals surface area contributed by atoms with Crippen LogP contribution in [-0.2, 0) is 0 Å². The van der Waals surface area contributed by atoms with Crippen LogP contribution in [0.15, 0.2) is 18.3 Å². The third-order valence-electron chi connectivity index (χ3n) is 2.17. The van der Waals surface area contributed by atoms with Crippen molar-refractivity contribution in [2.45, 2.75) is 6.42 Å². The molecule has 0 N–H and O–H groups in total. The van der Waals surface area contributed by atoms with Crippen LogP contribution in [0.5, 0.6) is 0 Å². The Balaban J connectivity index is 2.74. The van der Waals surface area contributed by atoms with Crippen molar-refractivity contribution in [1.29, 1.82) is 0 Å². The Labute approximate surface area is 99.0 Å². The van der Waals surface area contributed by atoms with Crippen LogP contribution >= 0.6 is 11.8 Å². The number of nitro groups is 1. The molecule has 0 fully saturated rings. The van der Waals surface area contributed by atoms with Gasteiger partial charge in [-0.25, -0.2) is 4.98 Å². The molecule has 88 valence electrons. The lowest BCUT2D eigenvalue weighted by Crippen LogP contribution is -2.21. The molecule has 0 unspecified atom stereocenters. The zero-order valence-corrected chi connectivity index (χ0v) is 10.2. The van der Waals surface area contributed by atoms with Gasteiger partial charge in [0, 0.05) is 25.9 Å². The highest BCUT2D eigenvalue weighted by Crippen LogP contribution is 2.23. The summed E-state index contributed by atoms with van der Waals surface area (Å²) in [5, 5.41) is 10.8. The summed E-state index contributed by atoms with van der Waals surface area (Å²) in [5.41, 5.74) is 0.0640. The number of rotatable bonds is 6. The molecule has 1 aromatic heterocycles. The summed E-state index contributed by atoms with van der Waals surface area (Å²) in [6.45, 7) is 0.776. The van der Waals surface area contributed by atoms with Crippen LogP contribution in [0.25, 0.3) is 0 Å². The quantitative estimate of drug-likeness (QED) is 0.434. The smallest absolute Gasteiger partial charge is 0.311 e. The van der Waals surface area contributed by atoms with Crippen LogP contribution in [0.1, 0.15) is 6.42 Å². The fraction of sp³-hybridized carbons (Fsp3) is 0.500. The van der Waals surface area contributed by atoms with E-state index in [1.807, 2.05) is 18.2 Å². The average Bonchev–Trinajstić information content (AvgIpc) is 2.29. The fourth-order valence-electron chi connectivity index (χ4n) is 1.38. The van der Waals surface area contributed by atoms with E-state index < -0.39 is 4.92 Å². The van der Waals surface area contributed by atoms with E-state index in [0.717, 1.165) is 18.7 Å². The number of anilines is 1. The summed E-state index contributed by atoms with van der Waals surface area (Å²) in [6, 6.07) is 3.06. The Morgan fingerprint density at radius 1 is 1.62 bits per heavy atom. The van der Waals surface area contributed by atoms with E-state index in [1.54, 1.807) is 24.0 Å². The second-order valence-electron chi connectivity index (χ2n) is 3.37. The standard InChI is InChI=1S/C10H15N3O2S/c1-12(7-4-8-16-2)10-9(13(14)15)5-3-6-11-10/h3,5-6H,4,7-8H2,1-2H3. The summed E-state index contributed by atoms with van der Waals surface area (Å²) in [6.07, 6.45) is 4.61. The monoisotopic (exact) mass is 241 g/mol. The Bertz CT molecular complexity index is 360. The summed E-state index contributed by atoms with van der Waals surface area (Å²) in [4.78, 5) is 16.3. The largest absolute Gasteiger partial charge is 0.354 e. The molecule has 0 saturated heterocycles. The van der Waals surface area contributed by atoms with E-state index in [9.17, 15) is 10.1 Å². The second-order valence-corrected chi connectivity index (χ2v) is 4.36. The average molecular weight is 241 g/mol.